The third-order valence-electron chi connectivity index (χ3n) is 4.14. The van der Waals surface area contributed by atoms with Crippen LogP contribution in [0.1, 0.15) is 43.6 Å². The minimum atomic E-state index is -0.102. The van der Waals surface area contributed by atoms with Crippen LogP contribution in [0.3, 0.4) is 0 Å². The molecule has 0 radical (unpaired) electrons. The van der Waals surface area contributed by atoms with E-state index in [0.717, 1.165) is 37.3 Å². The van der Waals surface area contributed by atoms with E-state index in [-0.39, 0.29) is 23.8 Å². The lowest BCUT2D eigenvalue weighted by Gasteiger charge is -2.43. The van der Waals surface area contributed by atoms with E-state index in [4.69, 9.17) is 0 Å². The minimum absolute atomic E-state index is 0.0491. The highest BCUT2D eigenvalue weighted by Gasteiger charge is 2.36. The van der Waals surface area contributed by atoms with E-state index in [9.17, 15) is 10.2 Å². The van der Waals surface area contributed by atoms with Crippen LogP contribution in [0.5, 0.6) is 5.75 Å². The molecule has 1 aromatic rings. The molecule has 0 amide bonds. The standard InChI is InChI=1S/C16H27N3O2/c1-11-14(21)13(12(10-20)9-18-11)15(16(2,3)4)19-7-5-17-6-8-19/h9,15,17,20-21H,5-8,10H2,1-4H3/t15-/m1/s1. The van der Waals surface area contributed by atoms with E-state index >= 15 is 0 Å². The Labute approximate surface area is 127 Å². The fraction of sp³-hybridized carbons (Fsp3) is 0.688. The maximum Gasteiger partial charge on any atom is 0.141 e. The van der Waals surface area contributed by atoms with Crippen LogP contribution in [-0.4, -0.2) is 46.3 Å². The van der Waals surface area contributed by atoms with E-state index in [2.05, 4.69) is 36.0 Å². The van der Waals surface area contributed by atoms with Crippen LogP contribution < -0.4 is 5.32 Å². The van der Waals surface area contributed by atoms with Gasteiger partial charge in [0.05, 0.1) is 12.3 Å². The fourth-order valence-corrected chi connectivity index (χ4v) is 3.19. The summed E-state index contributed by atoms with van der Waals surface area (Å²) < 4.78 is 0. The number of rotatable bonds is 3. The Morgan fingerprint density at radius 3 is 2.48 bits per heavy atom. The van der Waals surface area contributed by atoms with Crippen molar-refractivity contribution in [3.05, 3.63) is 23.0 Å². The molecule has 0 bridgehead atoms. The van der Waals surface area contributed by atoms with Crippen LogP contribution in [-0.2, 0) is 6.61 Å². The van der Waals surface area contributed by atoms with Crippen LogP contribution in [0.2, 0.25) is 0 Å². The number of piperazine rings is 1. The van der Waals surface area contributed by atoms with E-state index < -0.39 is 0 Å². The lowest BCUT2D eigenvalue weighted by atomic mass is 9.79. The van der Waals surface area contributed by atoms with E-state index in [1.54, 1.807) is 13.1 Å². The molecule has 1 atom stereocenters. The van der Waals surface area contributed by atoms with Gasteiger partial charge < -0.3 is 15.5 Å². The summed E-state index contributed by atoms with van der Waals surface area (Å²) in [5, 5.41) is 23.6. The molecule has 2 rings (SSSR count). The molecule has 2 heterocycles. The van der Waals surface area contributed by atoms with Gasteiger partial charge in [0.25, 0.3) is 0 Å². The van der Waals surface area contributed by atoms with Crippen molar-refractivity contribution in [2.45, 2.75) is 40.3 Å². The van der Waals surface area contributed by atoms with E-state index in [1.165, 1.54) is 0 Å². The Hall–Kier alpha value is -1.17. The summed E-state index contributed by atoms with van der Waals surface area (Å²) in [6.07, 6.45) is 1.69. The monoisotopic (exact) mass is 293 g/mol. The predicted molar refractivity (Wildman–Crippen MR) is 83.2 cm³/mol. The van der Waals surface area contributed by atoms with Gasteiger partial charge in [-0.15, -0.1) is 0 Å². The topological polar surface area (TPSA) is 68.6 Å². The Morgan fingerprint density at radius 1 is 1.33 bits per heavy atom. The van der Waals surface area contributed by atoms with Gasteiger partial charge >= 0.3 is 0 Å². The average molecular weight is 293 g/mol. The SMILES string of the molecule is Cc1ncc(CO)c([C@@H](N2CCNCC2)C(C)(C)C)c1O. The van der Waals surface area contributed by atoms with Gasteiger partial charge in [0.15, 0.2) is 0 Å². The summed E-state index contributed by atoms with van der Waals surface area (Å²) in [6.45, 7) is 12.0. The smallest absolute Gasteiger partial charge is 0.141 e. The highest BCUT2D eigenvalue weighted by molar-refractivity contribution is 5.43. The highest BCUT2D eigenvalue weighted by atomic mass is 16.3. The van der Waals surface area contributed by atoms with Crippen molar-refractivity contribution in [2.24, 2.45) is 5.41 Å². The van der Waals surface area contributed by atoms with E-state index in [1.807, 2.05) is 0 Å². The normalized spacial score (nSPS) is 18.7. The summed E-state index contributed by atoms with van der Waals surface area (Å²) in [5.74, 6) is 0.222. The second-order valence-electron chi connectivity index (χ2n) is 6.84. The quantitative estimate of drug-likeness (QED) is 0.789. The molecule has 0 unspecified atom stereocenters. The lowest BCUT2D eigenvalue weighted by Crippen LogP contribution is -2.48. The number of aromatic nitrogens is 1. The molecule has 21 heavy (non-hydrogen) atoms. The summed E-state index contributed by atoms with van der Waals surface area (Å²) >= 11 is 0. The molecule has 118 valence electrons. The van der Waals surface area contributed by atoms with Crippen molar-refractivity contribution in [1.82, 2.24) is 15.2 Å². The molecule has 0 aliphatic carbocycles. The van der Waals surface area contributed by atoms with E-state index in [0.29, 0.717) is 5.69 Å². The van der Waals surface area contributed by atoms with Crippen LogP contribution in [0, 0.1) is 12.3 Å². The first-order valence-corrected chi connectivity index (χ1v) is 7.59. The zero-order chi connectivity index (χ0) is 15.6. The lowest BCUT2D eigenvalue weighted by molar-refractivity contribution is 0.0822. The molecular weight excluding hydrogens is 266 g/mol. The molecule has 3 N–H and O–H groups in total. The average Bonchev–Trinajstić information content (AvgIpc) is 2.44. The molecule has 0 spiro atoms. The number of nitrogens with zero attached hydrogens (tertiary/aromatic N) is 2. The number of aliphatic hydroxyl groups excluding tert-OH is 1. The third-order valence-corrected chi connectivity index (χ3v) is 4.14. The first kappa shape index (κ1) is 16.2. The van der Waals surface area contributed by atoms with Crippen molar-refractivity contribution in [3.8, 4) is 5.75 Å². The van der Waals surface area contributed by atoms with Gasteiger partial charge in [-0.2, -0.15) is 0 Å². The molecule has 0 aromatic carbocycles. The second-order valence-corrected chi connectivity index (χ2v) is 6.84. The molecule has 1 fully saturated rings. The van der Waals surface area contributed by atoms with Crippen LogP contribution >= 0.6 is 0 Å². The van der Waals surface area contributed by atoms with Gasteiger partial charge in [-0.1, -0.05) is 20.8 Å². The Morgan fingerprint density at radius 2 is 1.95 bits per heavy atom. The van der Waals surface area contributed by atoms with Gasteiger partial charge in [0, 0.05) is 49.5 Å². The van der Waals surface area contributed by atoms with Crippen molar-refractivity contribution in [3.63, 3.8) is 0 Å². The van der Waals surface area contributed by atoms with Crippen molar-refractivity contribution >= 4 is 0 Å². The van der Waals surface area contributed by atoms with Gasteiger partial charge in [-0.25, -0.2) is 0 Å². The first-order valence-electron chi connectivity index (χ1n) is 7.59. The second kappa shape index (κ2) is 6.30. The van der Waals surface area contributed by atoms with Crippen LogP contribution in [0.4, 0.5) is 0 Å². The van der Waals surface area contributed by atoms with Crippen molar-refractivity contribution in [2.75, 3.05) is 26.2 Å². The number of hydrogen-bond acceptors (Lipinski definition) is 5. The maximum atomic E-state index is 10.6. The van der Waals surface area contributed by atoms with Crippen molar-refractivity contribution < 1.29 is 10.2 Å². The number of pyridine rings is 1. The maximum absolute atomic E-state index is 10.6. The number of aliphatic hydroxyl groups is 1. The predicted octanol–water partition coefficient (Wildman–Crippen LogP) is 1.58. The number of nitrogens with one attached hydrogen (secondary N) is 1. The summed E-state index contributed by atoms with van der Waals surface area (Å²) in [5.41, 5.74) is 2.12. The third kappa shape index (κ3) is 3.36. The van der Waals surface area contributed by atoms with Gasteiger partial charge in [-0.3, -0.25) is 9.88 Å². The van der Waals surface area contributed by atoms with Crippen LogP contribution in [0.25, 0.3) is 0 Å². The summed E-state index contributed by atoms with van der Waals surface area (Å²) in [7, 11) is 0. The van der Waals surface area contributed by atoms with Gasteiger partial charge in [0.1, 0.15) is 5.75 Å². The molecule has 0 saturated carbocycles. The fourth-order valence-electron chi connectivity index (χ4n) is 3.19. The zero-order valence-electron chi connectivity index (χ0n) is 13.5. The Balaban J connectivity index is 2.53. The first-order chi connectivity index (χ1) is 9.86. The molecule has 5 heteroatoms. The Kier molecular flexibility index (Phi) is 4.86. The molecule has 5 nitrogen and oxygen atoms in total. The molecule has 1 saturated heterocycles. The minimum Gasteiger partial charge on any atom is -0.506 e. The number of aryl methyl sites for hydroxylation is 1. The largest absolute Gasteiger partial charge is 0.506 e. The molecule has 1 aliphatic heterocycles. The molecule has 1 aliphatic rings. The molecular formula is C16H27N3O2. The number of hydrogen-bond donors (Lipinski definition) is 3. The Bertz CT molecular complexity index is 491. The summed E-state index contributed by atoms with van der Waals surface area (Å²) in [6, 6.07) is 0.0587. The number of aromatic hydroxyl groups is 1. The molecule has 1 aromatic heterocycles. The van der Waals surface area contributed by atoms with Crippen LogP contribution in [0.15, 0.2) is 6.20 Å². The zero-order valence-corrected chi connectivity index (χ0v) is 13.5. The van der Waals surface area contributed by atoms with Crippen molar-refractivity contribution in [1.29, 1.82) is 0 Å². The highest BCUT2D eigenvalue weighted by Crippen LogP contribution is 2.43. The summed E-state index contributed by atoms with van der Waals surface area (Å²) in [4.78, 5) is 6.57. The van der Waals surface area contributed by atoms with Gasteiger partial charge in [0.2, 0.25) is 0 Å². The van der Waals surface area contributed by atoms with Gasteiger partial charge in [-0.05, 0) is 12.3 Å².